The Morgan fingerprint density at radius 1 is 1.04 bits per heavy atom. The summed E-state index contributed by atoms with van der Waals surface area (Å²) >= 11 is 0. The first-order valence-corrected chi connectivity index (χ1v) is 20.6. The summed E-state index contributed by atoms with van der Waals surface area (Å²) in [5, 5.41) is 20.4. The maximum Gasteiger partial charge on any atom is 0.304 e. The van der Waals surface area contributed by atoms with Crippen LogP contribution in [-0.2, 0) is 32.0 Å². The van der Waals surface area contributed by atoms with Gasteiger partial charge in [0.15, 0.2) is 6.23 Å². The first-order valence-electron chi connectivity index (χ1n) is 17.5. The first kappa shape index (κ1) is 35.5. The van der Waals surface area contributed by atoms with Crippen LogP contribution in [0.25, 0.3) is 0 Å². The Hall–Kier alpha value is -4.32. The Kier molecular flexibility index (Phi) is 10.9. The molecule has 2 fully saturated rings. The summed E-state index contributed by atoms with van der Waals surface area (Å²) in [4.78, 5) is 25.5. The third-order valence-electron chi connectivity index (χ3n) is 10.6. The van der Waals surface area contributed by atoms with Gasteiger partial charge in [-0.25, -0.2) is 0 Å². The van der Waals surface area contributed by atoms with Gasteiger partial charge in [0.1, 0.15) is 5.75 Å². The molecule has 4 aromatic rings. The van der Waals surface area contributed by atoms with E-state index in [1.807, 2.05) is 59.4 Å². The molecule has 11 heteroatoms. The van der Waals surface area contributed by atoms with Gasteiger partial charge >= 0.3 is 5.97 Å². The second kappa shape index (κ2) is 15.3. The molecule has 2 aliphatic heterocycles. The van der Waals surface area contributed by atoms with Crippen molar-refractivity contribution in [2.24, 2.45) is 5.92 Å². The van der Waals surface area contributed by atoms with Crippen molar-refractivity contribution in [3.05, 3.63) is 102 Å². The average molecular weight is 697 g/mol. The summed E-state index contributed by atoms with van der Waals surface area (Å²) in [6.45, 7) is 9.21. The van der Waals surface area contributed by atoms with Gasteiger partial charge in [-0.2, -0.15) is 0 Å². The van der Waals surface area contributed by atoms with Gasteiger partial charge in [-0.05, 0) is 66.1 Å². The number of aryl methyl sites for hydroxylation is 2. The van der Waals surface area contributed by atoms with Crippen LogP contribution in [0.4, 0.5) is 5.69 Å². The van der Waals surface area contributed by atoms with Gasteiger partial charge < -0.3 is 19.3 Å². The van der Waals surface area contributed by atoms with Crippen molar-refractivity contribution in [3.63, 3.8) is 0 Å². The van der Waals surface area contributed by atoms with E-state index in [1.54, 1.807) is 12.0 Å². The Bertz CT molecular complexity index is 1760. The van der Waals surface area contributed by atoms with E-state index in [1.165, 1.54) is 12.1 Å². The molecule has 0 saturated carbocycles. The maximum atomic E-state index is 12.4. The number of ether oxygens (including phenoxy) is 3. The van der Waals surface area contributed by atoms with Crippen LogP contribution in [0.5, 0.6) is 5.75 Å². The largest absolute Gasteiger partial charge is 0.497 e. The van der Waals surface area contributed by atoms with Gasteiger partial charge in [0.05, 0.1) is 52.0 Å². The van der Waals surface area contributed by atoms with E-state index in [0.29, 0.717) is 18.0 Å². The highest BCUT2D eigenvalue weighted by atomic mass is 28.3. The quantitative estimate of drug-likeness (QED) is 0.105. The van der Waals surface area contributed by atoms with E-state index in [-0.39, 0.29) is 37.1 Å². The predicted octanol–water partition coefficient (Wildman–Crippen LogP) is 5.45. The summed E-state index contributed by atoms with van der Waals surface area (Å²) in [5.41, 5.74) is 3.97. The van der Waals surface area contributed by atoms with Crippen LogP contribution < -0.4 is 14.8 Å². The Balaban J connectivity index is 1.18. The number of amides is 1. The number of benzene rings is 3. The SMILES string of the molecule is COc1ccc([Si](C)(C)[C@@H]2[C@@H](C)[C@@H](CCc3cccc(N4C(=O)CC4OC(C)=O)c3)O[C@H]2CCn2cc(C(CO)c3ccccc3)nn2)cc1. The molecule has 0 bridgehead atoms. The van der Waals surface area contributed by atoms with Gasteiger partial charge in [-0.3, -0.25) is 19.2 Å². The van der Waals surface area contributed by atoms with E-state index < -0.39 is 20.3 Å². The highest BCUT2D eigenvalue weighted by Crippen LogP contribution is 2.46. The van der Waals surface area contributed by atoms with Crippen molar-refractivity contribution in [2.45, 2.75) is 89.1 Å². The number of aromatic nitrogens is 3. The van der Waals surface area contributed by atoms with Crippen LogP contribution in [0.3, 0.4) is 0 Å². The molecule has 2 saturated heterocycles. The molecule has 10 nitrogen and oxygen atoms in total. The zero-order valence-corrected chi connectivity index (χ0v) is 30.6. The molecule has 50 heavy (non-hydrogen) atoms. The number of methoxy groups -OCH3 is 1. The zero-order chi connectivity index (χ0) is 35.4. The molecule has 3 aromatic carbocycles. The summed E-state index contributed by atoms with van der Waals surface area (Å²) in [6.07, 6.45) is 4.13. The molecule has 2 aliphatic rings. The standard InChI is InChI=1S/C39H48N4O6Si/c1-26-35(19-14-28-10-9-13-30(22-28)43-37(46)23-38(43)48-27(2)45)49-36(39(26)50(4,5)32-17-15-31(47-3)16-18-32)20-21-42-24-34(40-41-42)33(25-44)29-11-7-6-8-12-29/h6-13,15-18,22,24,26,33,35-36,38-39,44H,14,19-21,23,25H2,1-5H3/t26-,33?,35+,36-,38?,39+/m0/s1. The lowest BCUT2D eigenvalue weighted by atomic mass is 9.95. The summed E-state index contributed by atoms with van der Waals surface area (Å²) in [7, 11) is -0.361. The molecule has 1 amide bonds. The van der Waals surface area contributed by atoms with Crippen molar-refractivity contribution in [1.82, 2.24) is 15.0 Å². The fraction of sp³-hybridized carbons (Fsp3) is 0.436. The molecule has 6 atom stereocenters. The predicted molar refractivity (Wildman–Crippen MR) is 194 cm³/mol. The smallest absolute Gasteiger partial charge is 0.304 e. The molecule has 0 spiro atoms. The van der Waals surface area contributed by atoms with E-state index in [2.05, 4.69) is 60.7 Å². The molecule has 2 unspecified atom stereocenters. The number of β-lactam (4-membered cyclic amide) rings is 1. The number of anilines is 1. The van der Waals surface area contributed by atoms with E-state index in [9.17, 15) is 14.7 Å². The lowest BCUT2D eigenvalue weighted by Crippen LogP contribution is -2.54. The highest BCUT2D eigenvalue weighted by molar-refractivity contribution is 6.91. The van der Waals surface area contributed by atoms with E-state index in [0.717, 1.165) is 47.5 Å². The van der Waals surface area contributed by atoms with E-state index >= 15 is 0 Å². The van der Waals surface area contributed by atoms with E-state index in [4.69, 9.17) is 14.2 Å². The third-order valence-corrected chi connectivity index (χ3v) is 15.0. The van der Waals surface area contributed by atoms with Crippen molar-refractivity contribution >= 4 is 30.8 Å². The second-order valence-corrected chi connectivity index (χ2v) is 18.8. The lowest BCUT2D eigenvalue weighted by Gasteiger charge is -2.39. The maximum absolute atomic E-state index is 12.4. The summed E-state index contributed by atoms with van der Waals surface area (Å²) in [5.74, 6) is 0.497. The number of aliphatic hydroxyl groups is 1. The van der Waals surface area contributed by atoms with Gasteiger partial charge in [0.25, 0.3) is 0 Å². The number of nitrogens with zero attached hydrogens (tertiary/aromatic N) is 4. The van der Waals surface area contributed by atoms with Crippen molar-refractivity contribution in [1.29, 1.82) is 0 Å². The monoisotopic (exact) mass is 696 g/mol. The van der Waals surface area contributed by atoms with Crippen LogP contribution in [0.15, 0.2) is 85.1 Å². The minimum absolute atomic E-state index is 0.0312. The van der Waals surface area contributed by atoms with Crippen LogP contribution in [0.1, 0.15) is 55.8 Å². The Morgan fingerprint density at radius 2 is 1.80 bits per heavy atom. The molecule has 1 N–H and O–H groups in total. The minimum Gasteiger partial charge on any atom is -0.497 e. The molecule has 264 valence electrons. The van der Waals surface area contributed by atoms with Gasteiger partial charge in [-0.15, -0.1) is 5.10 Å². The summed E-state index contributed by atoms with van der Waals surface area (Å²) < 4.78 is 19.7. The number of aliphatic hydroxyl groups excluding tert-OH is 1. The van der Waals surface area contributed by atoms with Crippen molar-refractivity contribution in [3.8, 4) is 5.75 Å². The van der Waals surface area contributed by atoms with Crippen LogP contribution in [0, 0.1) is 5.92 Å². The van der Waals surface area contributed by atoms with Crippen LogP contribution in [0.2, 0.25) is 18.6 Å². The fourth-order valence-electron chi connectivity index (χ4n) is 7.97. The molecular formula is C39H48N4O6Si. The number of rotatable bonds is 14. The number of carbonyl (C=O) groups is 2. The first-order chi connectivity index (χ1) is 24.1. The van der Waals surface area contributed by atoms with Crippen molar-refractivity contribution < 1.29 is 28.9 Å². The molecule has 0 aliphatic carbocycles. The number of esters is 1. The third kappa shape index (κ3) is 7.55. The molecular weight excluding hydrogens is 649 g/mol. The lowest BCUT2D eigenvalue weighted by molar-refractivity contribution is -0.153. The zero-order valence-electron chi connectivity index (χ0n) is 29.6. The van der Waals surface area contributed by atoms with Crippen LogP contribution >= 0.6 is 0 Å². The fourth-order valence-corrected chi connectivity index (χ4v) is 12.1. The summed E-state index contributed by atoms with van der Waals surface area (Å²) in [6, 6.07) is 26.4. The van der Waals surface area contributed by atoms with Crippen molar-refractivity contribution in [2.75, 3.05) is 18.6 Å². The highest BCUT2D eigenvalue weighted by Gasteiger charge is 2.50. The van der Waals surface area contributed by atoms with Gasteiger partial charge in [0.2, 0.25) is 5.91 Å². The molecule has 3 heterocycles. The molecule has 0 radical (unpaired) electrons. The topological polar surface area (TPSA) is 116 Å². The van der Waals surface area contributed by atoms with Gasteiger partial charge in [0, 0.05) is 25.4 Å². The normalized spacial score (nSPS) is 22.6. The Labute approximate surface area is 295 Å². The number of hydrogen-bond acceptors (Lipinski definition) is 8. The minimum atomic E-state index is -2.05. The Morgan fingerprint density at radius 3 is 2.48 bits per heavy atom. The molecule has 1 aromatic heterocycles. The average Bonchev–Trinajstić information content (AvgIpc) is 3.70. The number of carbonyl (C=O) groups excluding carboxylic acids is 2. The second-order valence-electron chi connectivity index (χ2n) is 14.1. The van der Waals surface area contributed by atoms with Crippen LogP contribution in [-0.4, -0.2) is 72.2 Å². The van der Waals surface area contributed by atoms with Gasteiger partial charge in [-0.1, -0.05) is 85.0 Å². The number of hydrogen-bond donors (Lipinski definition) is 1. The molecule has 6 rings (SSSR count).